The molecule has 1 N–H and O–H groups in total. The van der Waals surface area contributed by atoms with Crippen LogP contribution in [0.4, 0.5) is 0 Å². The third kappa shape index (κ3) is 4.25. The first-order chi connectivity index (χ1) is 13.5. The normalized spacial score (nSPS) is 11.1. The molecule has 0 spiro atoms. The first-order valence-electron chi connectivity index (χ1n) is 9.41. The highest BCUT2D eigenvalue weighted by Crippen LogP contribution is 2.21. The van der Waals surface area contributed by atoms with Gasteiger partial charge in [-0.25, -0.2) is 14.5 Å². The van der Waals surface area contributed by atoms with Crippen molar-refractivity contribution < 1.29 is 4.79 Å². The van der Waals surface area contributed by atoms with Gasteiger partial charge in [-0.2, -0.15) is 0 Å². The molecule has 3 aromatic rings. The lowest BCUT2D eigenvalue weighted by Crippen LogP contribution is -2.35. The minimum atomic E-state index is -0.185. The van der Waals surface area contributed by atoms with Gasteiger partial charge in [-0.1, -0.05) is 43.8 Å². The van der Waals surface area contributed by atoms with Crippen molar-refractivity contribution in [1.29, 1.82) is 0 Å². The van der Waals surface area contributed by atoms with E-state index in [1.54, 1.807) is 18.3 Å². The molecule has 146 valence electrons. The molecule has 0 fully saturated rings. The van der Waals surface area contributed by atoms with Crippen LogP contribution in [0.2, 0.25) is 0 Å². The Morgan fingerprint density at radius 1 is 1.18 bits per heavy atom. The second-order valence-electron chi connectivity index (χ2n) is 6.57. The van der Waals surface area contributed by atoms with E-state index in [0.29, 0.717) is 21.9 Å². The van der Waals surface area contributed by atoms with Crippen LogP contribution in [0.15, 0.2) is 52.5 Å². The molecular formula is C21H24N4O2S. The monoisotopic (exact) mass is 396 g/mol. The molecule has 0 radical (unpaired) electrons. The molecule has 0 bridgehead atoms. The standard InChI is InChI=1S/C21H24N4O2S/c1-4-15(5-2)23-18(26)13-28-21-24-17-11-7-6-10-16(17)20(27)25(21)19-14(3)9-8-12-22-19/h6-12,15H,4-5,13H2,1-3H3,(H,23,26). The number of hydrogen-bond donors (Lipinski definition) is 1. The molecule has 1 amide bonds. The molecule has 2 heterocycles. The molecular weight excluding hydrogens is 372 g/mol. The molecule has 7 heteroatoms. The summed E-state index contributed by atoms with van der Waals surface area (Å²) in [4.78, 5) is 34.6. The van der Waals surface area contributed by atoms with Crippen LogP contribution in [-0.2, 0) is 4.79 Å². The maximum Gasteiger partial charge on any atom is 0.267 e. The van der Waals surface area contributed by atoms with Gasteiger partial charge < -0.3 is 5.32 Å². The van der Waals surface area contributed by atoms with E-state index in [1.807, 2.05) is 45.0 Å². The van der Waals surface area contributed by atoms with E-state index in [-0.39, 0.29) is 23.3 Å². The smallest absolute Gasteiger partial charge is 0.267 e. The summed E-state index contributed by atoms with van der Waals surface area (Å²) in [5.41, 5.74) is 1.29. The summed E-state index contributed by atoms with van der Waals surface area (Å²) >= 11 is 1.25. The number of carbonyl (C=O) groups is 1. The second-order valence-corrected chi connectivity index (χ2v) is 7.51. The van der Waals surface area contributed by atoms with Crippen molar-refractivity contribution in [1.82, 2.24) is 19.9 Å². The molecule has 0 atom stereocenters. The van der Waals surface area contributed by atoms with E-state index < -0.39 is 0 Å². The number of thioether (sulfide) groups is 1. The zero-order valence-electron chi connectivity index (χ0n) is 16.3. The van der Waals surface area contributed by atoms with Gasteiger partial charge in [0, 0.05) is 12.2 Å². The fourth-order valence-electron chi connectivity index (χ4n) is 3.00. The van der Waals surface area contributed by atoms with E-state index >= 15 is 0 Å². The number of para-hydroxylation sites is 1. The van der Waals surface area contributed by atoms with Crippen molar-refractivity contribution in [2.75, 3.05) is 5.75 Å². The van der Waals surface area contributed by atoms with Gasteiger partial charge in [-0.05, 0) is 43.5 Å². The lowest BCUT2D eigenvalue weighted by molar-refractivity contribution is -0.119. The van der Waals surface area contributed by atoms with Crippen molar-refractivity contribution in [2.45, 2.75) is 44.8 Å². The van der Waals surface area contributed by atoms with Crippen molar-refractivity contribution in [3.8, 4) is 5.82 Å². The van der Waals surface area contributed by atoms with Crippen LogP contribution in [0.5, 0.6) is 0 Å². The number of nitrogens with one attached hydrogen (secondary N) is 1. The minimum Gasteiger partial charge on any atom is -0.353 e. The molecule has 0 saturated heterocycles. The Hall–Kier alpha value is -2.67. The number of pyridine rings is 1. The Balaban J connectivity index is 2.01. The molecule has 0 aliphatic carbocycles. The predicted octanol–water partition coefficient (Wildman–Crippen LogP) is 3.49. The highest BCUT2D eigenvalue weighted by molar-refractivity contribution is 7.99. The zero-order valence-corrected chi connectivity index (χ0v) is 17.1. The van der Waals surface area contributed by atoms with Crippen LogP contribution in [0, 0.1) is 6.92 Å². The molecule has 6 nitrogen and oxygen atoms in total. The topological polar surface area (TPSA) is 76.9 Å². The summed E-state index contributed by atoms with van der Waals surface area (Å²) in [5.74, 6) is 0.659. The van der Waals surface area contributed by atoms with Crippen molar-refractivity contribution in [3.63, 3.8) is 0 Å². The number of rotatable bonds is 7. The van der Waals surface area contributed by atoms with E-state index in [9.17, 15) is 9.59 Å². The average Bonchev–Trinajstić information content (AvgIpc) is 2.71. The summed E-state index contributed by atoms with van der Waals surface area (Å²) in [6.07, 6.45) is 3.43. The van der Waals surface area contributed by atoms with Crippen LogP contribution in [0.1, 0.15) is 32.3 Å². The predicted molar refractivity (Wildman–Crippen MR) is 113 cm³/mol. The number of benzene rings is 1. The third-order valence-corrected chi connectivity index (χ3v) is 5.56. The van der Waals surface area contributed by atoms with Crippen molar-refractivity contribution >= 4 is 28.6 Å². The van der Waals surface area contributed by atoms with Gasteiger partial charge in [0.05, 0.1) is 16.7 Å². The van der Waals surface area contributed by atoms with E-state index in [1.165, 1.54) is 16.3 Å². The second kappa shape index (κ2) is 9.01. The van der Waals surface area contributed by atoms with Gasteiger partial charge in [-0.15, -0.1) is 0 Å². The van der Waals surface area contributed by atoms with Gasteiger partial charge in [0.1, 0.15) is 5.82 Å². The SMILES string of the molecule is CCC(CC)NC(=O)CSc1nc2ccccc2c(=O)n1-c1ncccc1C. The van der Waals surface area contributed by atoms with Crippen LogP contribution < -0.4 is 10.9 Å². The highest BCUT2D eigenvalue weighted by atomic mass is 32.2. The van der Waals surface area contributed by atoms with E-state index in [4.69, 9.17) is 0 Å². The van der Waals surface area contributed by atoms with Gasteiger partial charge in [0.25, 0.3) is 5.56 Å². The van der Waals surface area contributed by atoms with E-state index in [0.717, 1.165) is 18.4 Å². The fourth-order valence-corrected chi connectivity index (χ4v) is 3.80. The molecule has 0 unspecified atom stereocenters. The number of hydrogen-bond acceptors (Lipinski definition) is 5. The number of carbonyl (C=O) groups excluding carboxylic acids is 1. The zero-order chi connectivity index (χ0) is 20.1. The molecule has 2 aromatic heterocycles. The number of fused-ring (bicyclic) bond motifs is 1. The summed E-state index contributed by atoms with van der Waals surface area (Å²) in [6, 6.07) is 11.1. The Kier molecular flexibility index (Phi) is 6.46. The largest absolute Gasteiger partial charge is 0.353 e. The number of aromatic nitrogens is 3. The number of amides is 1. The van der Waals surface area contributed by atoms with Crippen molar-refractivity contribution in [2.24, 2.45) is 0 Å². The first kappa shape index (κ1) is 20.1. The van der Waals surface area contributed by atoms with Crippen LogP contribution in [0.25, 0.3) is 16.7 Å². The van der Waals surface area contributed by atoms with Gasteiger partial charge in [0.15, 0.2) is 5.16 Å². The van der Waals surface area contributed by atoms with Crippen LogP contribution >= 0.6 is 11.8 Å². The Morgan fingerprint density at radius 3 is 2.64 bits per heavy atom. The Morgan fingerprint density at radius 2 is 1.93 bits per heavy atom. The molecule has 0 saturated carbocycles. The molecule has 28 heavy (non-hydrogen) atoms. The van der Waals surface area contributed by atoms with Gasteiger partial charge >= 0.3 is 0 Å². The lowest BCUT2D eigenvalue weighted by Gasteiger charge is -2.16. The maximum absolute atomic E-state index is 13.2. The molecule has 1 aromatic carbocycles. The fraction of sp³-hybridized carbons (Fsp3) is 0.333. The molecule has 0 aliphatic rings. The Labute approximate surface area is 168 Å². The van der Waals surface area contributed by atoms with Crippen LogP contribution in [0.3, 0.4) is 0 Å². The van der Waals surface area contributed by atoms with E-state index in [2.05, 4.69) is 15.3 Å². The lowest BCUT2D eigenvalue weighted by atomic mass is 10.2. The average molecular weight is 397 g/mol. The maximum atomic E-state index is 13.2. The summed E-state index contributed by atoms with van der Waals surface area (Å²) in [7, 11) is 0. The summed E-state index contributed by atoms with van der Waals surface area (Å²) in [6.45, 7) is 6.00. The number of nitrogens with zero attached hydrogens (tertiary/aromatic N) is 3. The van der Waals surface area contributed by atoms with Gasteiger partial charge in [0.2, 0.25) is 5.91 Å². The third-order valence-electron chi connectivity index (χ3n) is 4.62. The quantitative estimate of drug-likeness (QED) is 0.489. The highest BCUT2D eigenvalue weighted by Gasteiger charge is 2.17. The first-order valence-corrected chi connectivity index (χ1v) is 10.4. The summed E-state index contributed by atoms with van der Waals surface area (Å²) in [5, 5.41) is 4.01. The summed E-state index contributed by atoms with van der Waals surface area (Å²) < 4.78 is 1.51. The minimum absolute atomic E-state index is 0.0644. The Bertz CT molecular complexity index is 1040. The molecule has 0 aliphatic heterocycles. The van der Waals surface area contributed by atoms with Crippen molar-refractivity contribution in [3.05, 3.63) is 58.5 Å². The molecule has 3 rings (SSSR count). The van der Waals surface area contributed by atoms with Gasteiger partial charge in [-0.3, -0.25) is 9.59 Å². The van der Waals surface area contributed by atoms with Crippen LogP contribution in [-0.4, -0.2) is 32.2 Å². The number of aryl methyl sites for hydroxylation is 1.